The number of rotatable bonds is 1. The Labute approximate surface area is 83.7 Å². The summed E-state index contributed by atoms with van der Waals surface area (Å²) >= 11 is 3.39. The minimum absolute atomic E-state index is 0.664. The number of halogens is 1. The van der Waals surface area contributed by atoms with Crippen LogP contribution in [0.15, 0.2) is 34.9 Å². The van der Waals surface area contributed by atoms with E-state index in [2.05, 4.69) is 20.9 Å². The lowest BCUT2D eigenvalue weighted by Gasteiger charge is -2.01. The Bertz CT molecular complexity index is 462. The number of hydrogen-bond acceptors (Lipinski definition) is 2. The number of fused-ring (bicyclic) bond motifs is 1. The largest absolute Gasteiger partial charge is 0.298 e. The summed E-state index contributed by atoms with van der Waals surface area (Å²) in [7, 11) is 0. The van der Waals surface area contributed by atoms with E-state index in [4.69, 9.17) is 0 Å². The van der Waals surface area contributed by atoms with Crippen LogP contribution in [0.1, 0.15) is 10.4 Å². The van der Waals surface area contributed by atoms with Crippen LogP contribution >= 0.6 is 15.9 Å². The Balaban J connectivity index is 2.94. The lowest BCUT2D eigenvalue weighted by atomic mass is 10.1. The Morgan fingerprint density at radius 1 is 1.31 bits per heavy atom. The minimum Gasteiger partial charge on any atom is -0.298 e. The van der Waals surface area contributed by atoms with Crippen molar-refractivity contribution in [3.8, 4) is 0 Å². The van der Waals surface area contributed by atoms with Gasteiger partial charge in [-0.15, -0.1) is 0 Å². The van der Waals surface area contributed by atoms with Gasteiger partial charge in [-0.1, -0.05) is 22.0 Å². The van der Waals surface area contributed by atoms with Gasteiger partial charge in [0.25, 0.3) is 0 Å². The quantitative estimate of drug-likeness (QED) is 0.712. The molecule has 64 valence electrons. The number of pyridine rings is 1. The van der Waals surface area contributed by atoms with Crippen molar-refractivity contribution in [2.75, 3.05) is 0 Å². The third kappa shape index (κ3) is 1.35. The van der Waals surface area contributed by atoms with Gasteiger partial charge in [-0.3, -0.25) is 9.78 Å². The molecule has 1 heterocycles. The first-order valence-corrected chi connectivity index (χ1v) is 4.60. The molecule has 0 atom stereocenters. The van der Waals surface area contributed by atoms with Crippen molar-refractivity contribution in [2.45, 2.75) is 0 Å². The molecule has 0 aliphatic carbocycles. The molecule has 0 radical (unpaired) electrons. The molecule has 1 aromatic heterocycles. The standard InChI is InChI=1S/C10H6BrNO/c11-8-2-1-3-9-10(8)7(6-13)4-5-12-9/h1-6H. The molecule has 0 saturated carbocycles. The van der Waals surface area contributed by atoms with Gasteiger partial charge in [0.15, 0.2) is 6.29 Å². The zero-order valence-corrected chi connectivity index (χ0v) is 8.28. The number of aldehydes is 1. The number of carbonyl (C=O) groups excluding carboxylic acids is 1. The molecule has 0 N–H and O–H groups in total. The maximum absolute atomic E-state index is 10.7. The van der Waals surface area contributed by atoms with E-state index < -0.39 is 0 Å². The van der Waals surface area contributed by atoms with Crippen LogP contribution < -0.4 is 0 Å². The average Bonchev–Trinajstić information content (AvgIpc) is 2.17. The van der Waals surface area contributed by atoms with E-state index in [9.17, 15) is 4.79 Å². The predicted molar refractivity (Wildman–Crippen MR) is 54.8 cm³/mol. The molecule has 0 amide bonds. The summed E-state index contributed by atoms with van der Waals surface area (Å²) in [6, 6.07) is 7.39. The summed E-state index contributed by atoms with van der Waals surface area (Å²) in [6.45, 7) is 0. The Morgan fingerprint density at radius 2 is 2.15 bits per heavy atom. The molecule has 0 unspecified atom stereocenters. The van der Waals surface area contributed by atoms with Gasteiger partial charge in [-0.05, 0) is 18.2 Å². The fourth-order valence-electron chi connectivity index (χ4n) is 1.29. The van der Waals surface area contributed by atoms with Crippen molar-refractivity contribution >= 4 is 33.1 Å². The first-order valence-electron chi connectivity index (χ1n) is 3.81. The van der Waals surface area contributed by atoms with E-state index in [1.54, 1.807) is 12.3 Å². The molecule has 0 saturated heterocycles. The van der Waals surface area contributed by atoms with Crippen molar-refractivity contribution in [3.63, 3.8) is 0 Å². The first kappa shape index (κ1) is 8.38. The molecule has 0 aliphatic rings. The molecule has 0 bridgehead atoms. The van der Waals surface area contributed by atoms with Crippen molar-refractivity contribution in [3.05, 3.63) is 40.5 Å². The first-order chi connectivity index (χ1) is 6.33. The van der Waals surface area contributed by atoms with Gasteiger partial charge < -0.3 is 0 Å². The molecule has 0 aliphatic heterocycles. The molecule has 0 fully saturated rings. The zero-order chi connectivity index (χ0) is 9.26. The summed E-state index contributed by atoms with van der Waals surface area (Å²) in [6.07, 6.45) is 2.48. The second-order valence-corrected chi connectivity index (χ2v) is 3.51. The fraction of sp³-hybridized carbons (Fsp3) is 0. The molecule has 2 aromatic rings. The highest BCUT2D eigenvalue weighted by molar-refractivity contribution is 9.10. The summed E-state index contributed by atoms with van der Waals surface area (Å²) < 4.78 is 0.903. The van der Waals surface area contributed by atoms with E-state index in [-0.39, 0.29) is 0 Å². The van der Waals surface area contributed by atoms with Crippen molar-refractivity contribution < 1.29 is 4.79 Å². The fourth-order valence-corrected chi connectivity index (χ4v) is 1.87. The van der Waals surface area contributed by atoms with Gasteiger partial charge in [-0.25, -0.2) is 0 Å². The highest BCUT2D eigenvalue weighted by Crippen LogP contribution is 2.24. The minimum atomic E-state index is 0.664. The van der Waals surface area contributed by atoms with Gasteiger partial charge in [0.1, 0.15) is 0 Å². The van der Waals surface area contributed by atoms with Gasteiger partial charge in [0.05, 0.1) is 5.52 Å². The molecule has 2 nitrogen and oxygen atoms in total. The van der Waals surface area contributed by atoms with Crippen LogP contribution in [0.25, 0.3) is 10.9 Å². The second kappa shape index (κ2) is 3.26. The number of carbonyl (C=O) groups is 1. The topological polar surface area (TPSA) is 30.0 Å². The molecule has 2 rings (SSSR count). The number of aromatic nitrogens is 1. The number of hydrogen-bond donors (Lipinski definition) is 0. The van der Waals surface area contributed by atoms with E-state index in [1.165, 1.54) is 0 Å². The third-order valence-corrected chi connectivity index (χ3v) is 2.54. The van der Waals surface area contributed by atoms with Crippen LogP contribution in [0.4, 0.5) is 0 Å². The summed E-state index contributed by atoms with van der Waals surface area (Å²) in [5.41, 5.74) is 1.50. The highest BCUT2D eigenvalue weighted by atomic mass is 79.9. The highest BCUT2D eigenvalue weighted by Gasteiger charge is 2.03. The van der Waals surface area contributed by atoms with Gasteiger partial charge in [-0.2, -0.15) is 0 Å². The van der Waals surface area contributed by atoms with Gasteiger partial charge in [0.2, 0.25) is 0 Å². The lowest BCUT2D eigenvalue weighted by Crippen LogP contribution is -1.86. The van der Waals surface area contributed by atoms with E-state index in [0.29, 0.717) is 5.56 Å². The van der Waals surface area contributed by atoms with Crippen molar-refractivity contribution in [2.24, 2.45) is 0 Å². The number of benzene rings is 1. The van der Waals surface area contributed by atoms with Gasteiger partial charge >= 0.3 is 0 Å². The second-order valence-electron chi connectivity index (χ2n) is 2.65. The SMILES string of the molecule is O=Cc1ccnc2cccc(Br)c12. The monoisotopic (exact) mass is 235 g/mol. The molecule has 3 heteroatoms. The Kier molecular flexibility index (Phi) is 2.10. The molecule has 13 heavy (non-hydrogen) atoms. The molecular formula is C10H6BrNO. The van der Waals surface area contributed by atoms with E-state index >= 15 is 0 Å². The average molecular weight is 236 g/mol. The zero-order valence-electron chi connectivity index (χ0n) is 6.70. The summed E-state index contributed by atoms with van der Waals surface area (Å²) in [5, 5.41) is 0.875. The van der Waals surface area contributed by atoms with Crippen molar-refractivity contribution in [1.82, 2.24) is 4.98 Å². The van der Waals surface area contributed by atoms with Crippen LogP contribution in [0.2, 0.25) is 0 Å². The Morgan fingerprint density at radius 3 is 2.92 bits per heavy atom. The van der Waals surface area contributed by atoms with Crippen LogP contribution in [-0.4, -0.2) is 11.3 Å². The van der Waals surface area contributed by atoms with E-state index in [0.717, 1.165) is 21.7 Å². The van der Waals surface area contributed by atoms with Crippen LogP contribution in [0.3, 0.4) is 0 Å². The smallest absolute Gasteiger partial charge is 0.150 e. The maximum atomic E-state index is 10.7. The van der Waals surface area contributed by atoms with E-state index in [1.807, 2.05) is 18.2 Å². The van der Waals surface area contributed by atoms with Crippen LogP contribution in [0.5, 0.6) is 0 Å². The maximum Gasteiger partial charge on any atom is 0.150 e. The summed E-state index contributed by atoms with van der Waals surface area (Å²) in [4.78, 5) is 14.9. The van der Waals surface area contributed by atoms with Crippen molar-refractivity contribution in [1.29, 1.82) is 0 Å². The molecular weight excluding hydrogens is 230 g/mol. The van der Waals surface area contributed by atoms with Crippen LogP contribution in [0, 0.1) is 0 Å². The number of nitrogens with zero attached hydrogens (tertiary/aromatic N) is 1. The lowest BCUT2D eigenvalue weighted by molar-refractivity contribution is 0.112. The third-order valence-electron chi connectivity index (χ3n) is 1.87. The van der Waals surface area contributed by atoms with Crippen LogP contribution in [-0.2, 0) is 0 Å². The summed E-state index contributed by atoms with van der Waals surface area (Å²) in [5.74, 6) is 0. The normalized spacial score (nSPS) is 10.2. The predicted octanol–water partition coefficient (Wildman–Crippen LogP) is 2.81. The molecule has 0 spiro atoms. The van der Waals surface area contributed by atoms with Gasteiger partial charge in [0, 0.05) is 21.6 Å². The molecule has 1 aromatic carbocycles. The Hall–Kier alpha value is -1.22.